The maximum atomic E-state index is 11.5. The van der Waals surface area contributed by atoms with Gasteiger partial charge in [-0.25, -0.2) is 4.79 Å². The van der Waals surface area contributed by atoms with Gasteiger partial charge in [0.1, 0.15) is 5.02 Å². The Morgan fingerprint density at radius 3 is 2.76 bits per heavy atom. The molecule has 2 aromatic rings. The van der Waals surface area contributed by atoms with Crippen LogP contribution in [-0.2, 0) is 6.54 Å². The van der Waals surface area contributed by atoms with Gasteiger partial charge < -0.3 is 0 Å². The number of aromatic nitrogens is 3. The number of pyridine rings is 1. The van der Waals surface area contributed by atoms with Crippen molar-refractivity contribution in [1.82, 2.24) is 14.5 Å². The standard InChI is InChI=1S/C10H7Cl2N3O2/c11-7-3-13-2-1-6(7)4-15-5-8(12)9(16)14-10(15)17/h1-3,5H,4H2,(H,14,16,17). The first-order chi connectivity index (χ1) is 8.08. The van der Waals surface area contributed by atoms with E-state index in [1.165, 1.54) is 17.0 Å². The van der Waals surface area contributed by atoms with Crippen molar-refractivity contribution in [1.29, 1.82) is 0 Å². The number of hydrogen-bond acceptors (Lipinski definition) is 3. The topological polar surface area (TPSA) is 67.8 Å². The van der Waals surface area contributed by atoms with E-state index < -0.39 is 11.2 Å². The van der Waals surface area contributed by atoms with Gasteiger partial charge in [-0.1, -0.05) is 23.2 Å². The summed E-state index contributed by atoms with van der Waals surface area (Å²) in [6.45, 7) is 0.219. The van der Waals surface area contributed by atoms with Crippen molar-refractivity contribution >= 4 is 23.2 Å². The van der Waals surface area contributed by atoms with Gasteiger partial charge in [0.15, 0.2) is 0 Å². The molecule has 0 aliphatic heterocycles. The van der Waals surface area contributed by atoms with Crippen LogP contribution in [0, 0.1) is 0 Å². The number of aromatic amines is 1. The second-order valence-electron chi connectivity index (χ2n) is 3.33. The third kappa shape index (κ3) is 2.57. The van der Waals surface area contributed by atoms with Crippen LogP contribution in [-0.4, -0.2) is 14.5 Å². The molecular formula is C10H7Cl2N3O2. The van der Waals surface area contributed by atoms with Crippen LogP contribution >= 0.6 is 23.2 Å². The normalized spacial score (nSPS) is 10.5. The lowest BCUT2D eigenvalue weighted by atomic mass is 10.2. The Labute approximate surface area is 106 Å². The van der Waals surface area contributed by atoms with Crippen molar-refractivity contribution in [3.63, 3.8) is 0 Å². The molecule has 0 bridgehead atoms. The Balaban J connectivity index is 2.44. The minimum atomic E-state index is -0.603. The van der Waals surface area contributed by atoms with Gasteiger partial charge in [-0.15, -0.1) is 0 Å². The van der Waals surface area contributed by atoms with Crippen LogP contribution in [0.1, 0.15) is 5.56 Å². The van der Waals surface area contributed by atoms with Crippen LogP contribution in [0.2, 0.25) is 10.0 Å². The molecule has 2 rings (SSSR count). The molecule has 0 unspecified atom stereocenters. The molecule has 0 saturated heterocycles. The van der Waals surface area contributed by atoms with Crippen LogP contribution in [0.15, 0.2) is 34.2 Å². The summed E-state index contributed by atoms with van der Waals surface area (Å²) in [5.74, 6) is 0. The van der Waals surface area contributed by atoms with Gasteiger partial charge in [0, 0.05) is 18.6 Å². The highest BCUT2D eigenvalue weighted by molar-refractivity contribution is 6.31. The predicted octanol–water partition coefficient (Wildman–Crippen LogP) is 1.29. The van der Waals surface area contributed by atoms with Crippen molar-refractivity contribution in [3.8, 4) is 0 Å². The molecule has 0 saturated carbocycles. The molecule has 88 valence electrons. The molecule has 1 N–H and O–H groups in total. The van der Waals surface area contributed by atoms with E-state index in [-0.39, 0.29) is 11.6 Å². The average Bonchev–Trinajstić information content (AvgIpc) is 2.29. The fourth-order valence-electron chi connectivity index (χ4n) is 1.32. The van der Waals surface area contributed by atoms with Crippen molar-refractivity contribution in [2.24, 2.45) is 0 Å². The first-order valence-corrected chi connectivity index (χ1v) is 5.41. The van der Waals surface area contributed by atoms with Crippen LogP contribution < -0.4 is 11.2 Å². The van der Waals surface area contributed by atoms with Crippen molar-refractivity contribution in [2.75, 3.05) is 0 Å². The Morgan fingerprint density at radius 2 is 2.06 bits per heavy atom. The van der Waals surface area contributed by atoms with Crippen LogP contribution in [0.3, 0.4) is 0 Å². The molecule has 0 aliphatic rings. The molecule has 2 aromatic heterocycles. The smallest absolute Gasteiger partial charge is 0.295 e. The van der Waals surface area contributed by atoms with Gasteiger partial charge in [0.2, 0.25) is 0 Å². The molecular weight excluding hydrogens is 265 g/mol. The summed E-state index contributed by atoms with van der Waals surface area (Å²) in [6.07, 6.45) is 4.33. The van der Waals surface area contributed by atoms with Gasteiger partial charge in [0.25, 0.3) is 5.56 Å². The maximum Gasteiger partial charge on any atom is 0.328 e. The number of nitrogens with one attached hydrogen (secondary N) is 1. The van der Waals surface area contributed by atoms with Crippen LogP contribution in [0.25, 0.3) is 0 Å². The van der Waals surface area contributed by atoms with E-state index in [4.69, 9.17) is 23.2 Å². The fraction of sp³-hybridized carbons (Fsp3) is 0.100. The summed E-state index contributed by atoms with van der Waals surface area (Å²) < 4.78 is 1.27. The number of nitrogens with zero attached hydrogens (tertiary/aromatic N) is 2. The minimum absolute atomic E-state index is 0.0465. The summed E-state index contributed by atoms with van der Waals surface area (Å²) in [7, 11) is 0. The largest absolute Gasteiger partial charge is 0.328 e. The molecule has 0 fully saturated rings. The second kappa shape index (κ2) is 4.73. The molecule has 0 radical (unpaired) electrons. The summed E-state index contributed by atoms with van der Waals surface area (Å²) >= 11 is 11.6. The Hall–Kier alpha value is -1.59. The van der Waals surface area contributed by atoms with E-state index in [2.05, 4.69) is 9.97 Å². The molecule has 0 aliphatic carbocycles. The van der Waals surface area contributed by atoms with Crippen LogP contribution in [0.4, 0.5) is 0 Å². The number of rotatable bonds is 2. The molecule has 0 atom stereocenters. The summed E-state index contributed by atoms with van der Waals surface area (Å²) in [6, 6.07) is 1.69. The molecule has 2 heterocycles. The Morgan fingerprint density at radius 1 is 1.29 bits per heavy atom. The lowest BCUT2D eigenvalue weighted by Gasteiger charge is -2.06. The Kier molecular flexibility index (Phi) is 3.31. The second-order valence-corrected chi connectivity index (χ2v) is 4.15. The third-order valence-corrected chi connectivity index (χ3v) is 2.77. The molecule has 0 amide bonds. The zero-order valence-electron chi connectivity index (χ0n) is 8.48. The van der Waals surface area contributed by atoms with E-state index in [1.807, 2.05) is 0 Å². The molecule has 0 aromatic carbocycles. The van der Waals surface area contributed by atoms with E-state index in [9.17, 15) is 9.59 Å². The first-order valence-electron chi connectivity index (χ1n) is 4.65. The predicted molar refractivity (Wildman–Crippen MR) is 64.7 cm³/mol. The summed E-state index contributed by atoms with van der Waals surface area (Å²) in [5.41, 5.74) is -0.423. The van der Waals surface area contributed by atoms with Gasteiger partial charge in [-0.3, -0.25) is 19.3 Å². The van der Waals surface area contributed by atoms with E-state index >= 15 is 0 Å². The number of halogens is 2. The van der Waals surface area contributed by atoms with E-state index in [0.717, 1.165) is 0 Å². The van der Waals surface area contributed by atoms with Crippen molar-refractivity contribution in [3.05, 3.63) is 61.1 Å². The fourth-order valence-corrected chi connectivity index (χ4v) is 1.66. The zero-order chi connectivity index (χ0) is 12.4. The number of hydrogen-bond donors (Lipinski definition) is 1. The average molecular weight is 272 g/mol. The maximum absolute atomic E-state index is 11.5. The van der Waals surface area contributed by atoms with Crippen LogP contribution in [0.5, 0.6) is 0 Å². The SMILES string of the molecule is O=c1[nH]c(=O)n(Cc2ccncc2Cl)cc1Cl. The van der Waals surface area contributed by atoms with Crippen molar-refractivity contribution < 1.29 is 0 Å². The van der Waals surface area contributed by atoms with Gasteiger partial charge in [-0.2, -0.15) is 0 Å². The van der Waals surface area contributed by atoms with E-state index in [0.29, 0.717) is 10.6 Å². The third-order valence-electron chi connectivity index (χ3n) is 2.16. The minimum Gasteiger partial charge on any atom is -0.295 e. The molecule has 7 heteroatoms. The van der Waals surface area contributed by atoms with Gasteiger partial charge >= 0.3 is 5.69 Å². The first kappa shape index (κ1) is 11.9. The molecule has 5 nitrogen and oxygen atoms in total. The lowest BCUT2D eigenvalue weighted by Crippen LogP contribution is -2.30. The van der Waals surface area contributed by atoms with Gasteiger partial charge in [0.05, 0.1) is 11.6 Å². The highest BCUT2D eigenvalue weighted by atomic mass is 35.5. The molecule has 17 heavy (non-hydrogen) atoms. The van der Waals surface area contributed by atoms with Crippen molar-refractivity contribution in [2.45, 2.75) is 6.54 Å². The number of H-pyrrole nitrogens is 1. The summed E-state index contributed by atoms with van der Waals surface area (Å²) in [5, 5.41) is 0.400. The quantitative estimate of drug-likeness (QED) is 0.895. The zero-order valence-corrected chi connectivity index (χ0v) is 10.00. The van der Waals surface area contributed by atoms with Gasteiger partial charge in [-0.05, 0) is 11.6 Å². The lowest BCUT2D eigenvalue weighted by molar-refractivity contribution is 0.720. The Bertz CT molecular complexity index is 663. The summed E-state index contributed by atoms with van der Waals surface area (Å²) in [4.78, 5) is 28.5. The monoisotopic (exact) mass is 271 g/mol. The molecule has 0 spiro atoms. The highest BCUT2D eigenvalue weighted by Gasteiger charge is 2.05. The van der Waals surface area contributed by atoms with E-state index in [1.54, 1.807) is 12.3 Å². The highest BCUT2D eigenvalue weighted by Crippen LogP contribution is 2.14.